The average molecular weight is 268 g/mol. The number of benzene rings is 1. The van der Waals surface area contributed by atoms with Crippen LogP contribution in [0, 0.1) is 0 Å². The smallest absolute Gasteiger partial charge is 0.254 e. The number of carbonyl (C=O) groups is 1. The average Bonchev–Trinajstić information content (AvgIpc) is 2.37. The molecule has 0 unspecified atom stereocenters. The second kappa shape index (κ2) is 7.60. The van der Waals surface area contributed by atoms with Crippen molar-refractivity contribution in [2.75, 3.05) is 38.6 Å². The van der Waals surface area contributed by atoms with Gasteiger partial charge in [-0.15, -0.1) is 0 Å². The van der Waals surface area contributed by atoms with Crippen molar-refractivity contribution in [2.45, 2.75) is 6.92 Å². The fourth-order valence-corrected chi connectivity index (χ4v) is 1.73. The van der Waals surface area contributed by atoms with E-state index in [1.54, 1.807) is 18.2 Å². The molecule has 0 spiro atoms. The summed E-state index contributed by atoms with van der Waals surface area (Å²) >= 11 is 0. The molecule has 6 heteroatoms. The van der Waals surface area contributed by atoms with E-state index in [4.69, 9.17) is 20.7 Å². The summed E-state index contributed by atoms with van der Waals surface area (Å²) in [7, 11) is 0. The lowest BCUT2D eigenvalue weighted by Crippen LogP contribution is -2.35. The van der Waals surface area contributed by atoms with Gasteiger partial charge in [0.15, 0.2) is 0 Å². The lowest BCUT2D eigenvalue weighted by Gasteiger charge is -2.21. The van der Waals surface area contributed by atoms with E-state index in [2.05, 4.69) is 0 Å². The van der Waals surface area contributed by atoms with Crippen molar-refractivity contribution in [3.8, 4) is 5.75 Å². The largest absolute Gasteiger partial charge is 0.494 e. The zero-order valence-electron chi connectivity index (χ0n) is 11.0. The van der Waals surface area contributed by atoms with Gasteiger partial charge in [-0.25, -0.2) is 0 Å². The first-order chi connectivity index (χ1) is 9.12. The Bertz CT molecular complexity index is 417. The van der Waals surface area contributed by atoms with Crippen LogP contribution < -0.4 is 10.5 Å². The third-order valence-electron chi connectivity index (χ3n) is 2.51. The van der Waals surface area contributed by atoms with Crippen molar-refractivity contribution in [2.24, 2.45) is 0 Å². The number of aliphatic hydroxyl groups is 2. The van der Waals surface area contributed by atoms with Crippen molar-refractivity contribution in [1.29, 1.82) is 0 Å². The molecule has 0 heterocycles. The normalized spacial score (nSPS) is 10.3. The maximum absolute atomic E-state index is 12.2. The summed E-state index contributed by atoms with van der Waals surface area (Å²) in [6.07, 6.45) is 0. The van der Waals surface area contributed by atoms with Crippen LogP contribution in [-0.4, -0.2) is 53.9 Å². The molecule has 0 bridgehead atoms. The van der Waals surface area contributed by atoms with E-state index in [0.717, 1.165) is 0 Å². The Morgan fingerprint density at radius 1 is 1.26 bits per heavy atom. The van der Waals surface area contributed by atoms with Gasteiger partial charge in [-0.2, -0.15) is 0 Å². The molecule has 19 heavy (non-hydrogen) atoms. The van der Waals surface area contributed by atoms with Crippen LogP contribution >= 0.6 is 0 Å². The predicted molar refractivity (Wildman–Crippen MR) is 72.1 cm³/mol. The molecule has 1 rings (SSSR count). The molecule has 0 aliphatic heterocycles. The molecule has 0 aliphatic rings. The minimum absolute atomic E-state index is 0.160. The highest BCUT2D eigenvalue weighted by atomic mass is 16.5. The van der Waals surface area contributed by atoms with E-state index >= 15 is 0 Å². The molecule has 0 aromatic heterocycles. The standard InChI is InChI=1S/C13H20N2O4/c1-2-19-12-8-10(7-11(14)9-12)13(18)15(3-5-16)4-6-17/h7-9,16-17H,2-6,14H2,1H3. The van der Waals surface area contributed by atoms with E-state index in [9.17, 15) is 4.79 Å². The van der Waals surface area contributed by atoms with Gasteiger partial charge < -0.3 is 25.6 Å². The van der Waals surface area contributed by atoms with Gasteiger partial charge in [-0.1, -0.05) is 0 Å². The van der Waals surface area contributed by atoms with Crippen molar-refractivity contribution in [1.82, 2.24) is 4.90 Å². The quantitative estimate of drug-likeness (QED) is 0.609. The number of hydrogen-bond donors (Lipinski definition) is 3. The Labute approximate surface area is 112 Å². The molecular formula is C13H20N2O4. The number of aliphatic hydroxyl groups excluding tert-OH is 2. The minimum Gasteiger partial charge on any atom is -0.494 e. The number of nitrogen functional groups attached to an aromatic ring is 1. The Balaban J connectivity index is 2.95. The number of amides is 1. The van der Waals surface area contributed by atoms with Crippen LogP contribution in [0.15, 0.2) is 18.2 Å². The van der Waals surface area contributed by atoms with Crippen LogP contribution in [0.5, 0.6) is 5.75 Å². The molecule has 6 nitrogen and oxygen atoms in total. The lowest BCUT2D eigenvalue weighted by molar-refractivity contribution is 0.0684. The first kappa shape index (κ1) is 15.3. The Morgan fingerprint density at radius 3 is 2.42 bits per heavy atom. The third kappa shape index (κ3) is 4.42. The number of carbonyl (C=O) groups excluding carboxylic acids is 1. The minimum atomic E-state index is -0.295. The summed E-state index contributed by atoms with van der Waals surface area (Å²) in [6, 6.07) is 4.79. The molecule has 0 atom stereocenters. The molecule has 106 valence electrons. The number of nitrogens with zero attached hydrogens (tertiary/aromatic N) is 1. The molecule has 1 amide bonds. The van der Waals surface area contributed by atoms with Crippen LogP contribution in [0.4, 0.5) is 5.69 Å². The lowest BCUT2D eigenvalue weighted by atomic mass is 10.1. The van der Waals surface area contributed by atoms with Crippen molar-refractivity contribution in [3.63, 3.8) is 0 Å². The first-order valence-corrected chi connectivity index (χ1v) is 6.16. The van der Waals surface area contributed by atoms with Crippen LogP contribution in [0.1, 0.15) is 17.3 Å². The highest BCUT2D eigenvalue weighted by molar-refractivity contribution is 5.95. The van der Waals surface area contributed by atoms with Gasteiger partial charge in [0, 0.05) is 30.4 Å². The second-order valence-electron chi connectivity index (χ2n) is 3.96. The van der Waals surface area contributed by atoms with Gasteiger partial charge in [-0.3, -0.25) is 4.79 Å². The van der Waals surface area contributed by atoms with Gasteiger partial charge in [0.1, 0.15) is 5.75 Å². The maximum Gasteiger partial charge on any atom is 0.254 e. The Morgan fingerprint density at radius 2 is 1.89 bits per heavy atom. The van der Waals surface area contributed by atoms with Gasteiger partial charge in [0.25, 0.3) is 5.91 Å². The van der Waals surface area contributed by atoms with Crippen LogP contribution in [0.3, 0.4) is 0 Å². The highest BCUT2D eigenvalue weighted by Crippen LogP contribution is 2.20. The summed E-state index contributed by atoms with van der Waals surface area (Å²) in [5, 5.41) is 17.9. The predicted octanol–water partition coefficient (Wildman–Crippen LogP) is 0.0943. The van der Waals surface area contributed by atoms with Crippen molar-refractivity contribution < 1.29 is 19.7 Å². The molecule has 1 aromatic carbocycles. The van der Waals surface area contributed by atoms with Gasteiger partial charge in [0.2, 0.25) is 0 Å². The summed E-state index contributed by atoms with van der Waals surface area (Å²) in [6.45, 7) is 2.33. The number of rotatable bonds is 7. The van der Waals surface area contributed by atoms with Gasteiger partial charge in [0.05, 0.1) is 19.8 Å². The number of nitrogens with two attached hydrogens (primary N) is 1. The van der Waals surface area contributed by atoms with Crippen LogP contribution in [0.2, 0.25) is 0 Å². The van der Waals surface area contributed by atoms with Crippen molar-refractivity contribution >= 4 is 11.6 Å². The Kier molecular flexibility index (Phi) is 6.11. The number of ether oxygens (including phenoxy) is 1. The maximum atomic E-state index is 12.2. The van der Waals surface area contributed by atoms with Crippen molar-refractivity contribution in [3.05, 3.63) is 23.8 Å². The first-order valence-electron chi connectivity index (χ1n) is 6.16. The molecule has 4 N–H and O–H groups in total. The third-order valence-corrected chi connectivity index (χ3v) is 2.51. The summed E-state index contributed by atoms with van der Waals surface area (Å²) in [5.41, 5.74) is 6.54. The Hall–Kier alpha value is -1.79. The topological polar surface area (TPSA) is 96.0 Å². The van der Waals surface area contributed by atoms with Crippen LogP contribution in [0.25, 0.3) is 0 Å². The van der Waals surface area contributed by atoms with Crippen LogP contribution in [-0.2, 0) is 0 Å². The molecule has 0 aliphatic carbocycles. The molecule has 0 fully saturated rings. The number of anilines is 1. The molecule has 1 aromatic rings. The monoisotopic (exact) mass is 268 g/mol. The second-order valence-corrected chi connectivity index (χ2v) is 3.96. The van der Waals surface area contributed by atoms with Gasteiger partial charge >= 0.3 is 0 Å². The summed E-state index contributed by atoms with van der Waals surface area (Å²) in [4.78, 5) is 13.6. The van der Waals surface area contributed by atoms with E-state index in [1.807, 2.05) is 6.92 Å². The zero-order valence-corrected chi connectivity index (χ0v) is 11.0. The number of hydrogen-bond acceptors (Lipinski definition) is 5. The van der Waals surface area contributed by atoms with E-state index < -0.39 is 0 Å². The SMILES string of the molecule is CCOc1cc(N)cc(C(=O)N(CCO)CCO)c1. The summed E-state index contributed by atoms with van der Waals surface area (Å²) in [5.74, 6) is 0.232. The fraction of sp³-hybridized carbons (Fsp3) is 0.462. The molecular weight excluding hydrogens is 248 g/mol. The molecule has 0 saturated carbocycles. The molecule has 0 radical (unpaired) electrons. The summed E-state index contributed by atoms with van der Waals surface area (Å²) < 4.78 is 5.33. The van der Waals surface area contributed by atoms with E-state index in [-0.39, 0.29) is 32.2 Å². The van der Waals surface area contributed by atoms with Gasteiger partial charge in [-0.05, 0) is 19.1 Å². The van der Waals surface area contributed by atoms with E-state index in [0.29, 0.717) is 23.6 Å². The molecule has 0 saturated heterocycles. The van der Waals surface area contributed by atoms with E-state index in [1.165, 1.54) is 4.90 Å². The highest BCUT2D eigenvalue weighted by Gasteiger charge is 2.16. The fourth-order valence-electron chi connectivity index (χ4n) is 1.73. The zero-order chi connectivity index (χ0) is 14.3.